The summed E-state index contributed by atoms with van der Waals surface area (Å²) in [6.45, 7) is 1.83. The lowest BCUT2D eigenvalue weighted by atomic mass is 9.97. The molecule has 28 heavy (non-hydrogen) atoms. The van der Waals surface area contributed by atoms with Crippen molar-refractivity contribution in [2.45, 2.75) is 18.9 Å². The minimum atomic E-state index is -1.05. The molecule has 0 radical (unpaired) electrons. The van der Waals surface area contributed by atoms with Crippen molar-refractivity contribution < 1.29 is 14.2 Å². The van der Waals surface area contributed by atoms with E-state index >= 15 is 0 Å². The van der Waals surface area contributed by atoms with Gasteiger partial charge in [-0.05, 0) is 10.8 Å². The first kappa shape index (κ1) is 15.5. The molecule has 0 bridgehead atoms. The lowest BCUT2D eigenvalue weighted by Crippen LogP contribution is -2.47. The molecule has 0 aromatic heterocycles. The summed E-state index contributed by atoms with van der Waals surface area (Å²) < 4.78 is 19.1. The van der Waals surface area contributed by atoms with Crippen molar-refractivity contribution in [3.05, 3.63) is 84.4 Å². The molecule has 4 nitrogen and oxygen atoms in total. The molecule has 6 rings (SSSR count). The fraction of sp³-hybridized carbons (Fsp3) is 0.125. The molecular formula is C24H17NO3. The van der Waals surface area contributed by atoms with E-state index in [0.29, 0.717) is 17.4 Å². The van der Waals surface area contributed by atoms with E-state index in [9.17, 15) is 0 Å². The molecule has 4 aromatic carbocycles. The Hall–Kier alpha value is -3.53. The minimum Gasteiger partial charge on any atom is -0.450 e. The average Bonchev–Trinajstić information content (AvgIpc) is 3.09. The van der Waals surface area contributed by atoms with Crippen LogP contribution in [0.3, 0.4) is 0 Å². The number of hydrogen-bond acceptors (Lipinski definition) is 4. The highest BCUT2D eigenvalue weighted by Gasteiger charge is 2.55. The average molecular weight is 367 g/mol. The zero-order valence-corrected chi connectivity index (χ0v) is 15.3. The van der Waals surface area contributed by atoms with Crippen molar-refractivity contribution in [3.8, 4) is 11.5 Å². The first-order chi connectivity index (χ1) is 13.8. The predicted octanol–water partition coefficient (Wildman–Crippen LogP) is 5.39. The first-order valence-electron chi connectivity index (χ1n) is 9.34. The highest BCUT2D eigenvalue weighted by atomic mass is 16.7. The summed E-state index contributed by atoms with van der Waals surface area (Å²) in [6, 6.07) is 26.4. The maximum Gasteiger partial charge on any atom is 0.308 e. The Labute approximate surface area is 162 Å². The van der Waals surface area contributed by atoms with Crippen molar-refractivity contribution in [1.82, 2.24) is 0 Å². The molecule has 0 aliphatic carbocycles. The Balaban J connectivity index is 1.68. The summed E-state index contributed by atoms with van der Waals surface area (Å²) in [7, 11) is 0. The van der Waals surface area contributed by atoms with Crippen molar-refractivity contribution in [1.29, 1.82) is 0 Å². The standard InChI is InChI=1S/C24H17NO3/c1-15-25-24(16-9-3-2-4-10-16)23(26-15)27-21-19-13-7-5-11-17(19)18-12-6-8-14-20(18)22(21)28-24/h2-14,23H,1H3/t23-,24+/m0/s1. The van der Waals surface area contributed by atoms with E-state index < -0.39 is 12.0 Å². The summed E-state index contributed by atoms with van der Waals surface area (Å²) in [5.41, 5.74) is -0.149. The topological polar surface area (TPSA) is 40.0 Å². The number of nitrogens with zero attached hydrogens (tertiary/aromatic N) is 1. The van der Waals surface area contributed by atoms with E-state index in [-0.39, 0.29) is 0 Å². The second-order valence-electron chi connectivity index (χ2n) is 7.11. The predicted molar refractivity (Wildman–Crippen MR) is 109 cm³/mol. The molecule has 0 saturated heterocycles. The Kier molecular flexibility index (Phi) is 3.04. The normalized spacial score (nSPS) is 22.6. The molecule has 0 saturated carbocycles. The molecule has 2 heterocycles. The van der Waals surface area contributed by atoms with Crippen LogP contribution in [0.5, 0.6) is 11.5 Å². The Morgan fingerprint density at radius 3 is 1.93 bits per heavy atom. The monoisotopic (exact) mass is 367 g/mol. The largest absolute Gasteiger partial charge is 0.450 e. The number of rotatable bonds is 1. The third-order valence-corrected chi connectivity index (χ3v) is 5.43. The third-order valence-electron chi connectivity index (χ3n) is 5.43. The van der Waals surface area contributed by atoms with Gasteiger partial charge in [0, 0.05) is 23.3 Å². The molecular weight excluding hydrogens is 350 g/mol. The number of fused-ring (bicyclic) bond motifs is 7. The highest BCUT2D eigenvalue weighted by molar-refractivity contribution is 6.13. The van der Waals surface area contributed by atoms with Crippen LogP contribution in [0.4, 0.5) is 0 Å². The maximum absolute atomic E-state index is 6.68. The van der Waals surface area contributed by atoms with Gasteiger partial charge in [-0.1, -0.05) is 78.9 Å². The molecule has 0 spiro atoms. The number of ether oxygens (including phenoxy) is 3. The van der Waals surface area contributed by atoms with Gasteiger partial charge < -0.3 is 14.2 Å². The number of hydrogen-bond donors (Lipinski definition) is 0. The Bertz CT molecular complexity index is 1270. The highest BCUT2D eigenvalue weighted by Crippen LogP contribution is 2.53. The number of aliphatic imine (C=N–C) groups is 1. The van der Waals surface area contributed by atoms with E-state index in [1.54, 1.807) is 0 Å². The van der Waals surface area contributed by atoms with Gasteiger partial charge in [-0.25, -0.2) is 0 Å². The van der Waals surface area contributed by atoms with Gasteiger partial charge in [0.05, 0.1) is 0 Å². The van der Waals surface area contributed by atoms with Gasteiger partial charge in [0.25, 0.3) is 0 Å². The molecule has 0 N–H and O–H groups in total. The van der Waals surface area contributed by atoms with Crippen molar-refractivity contribution in [3.63, 3.8) is 0 Å². The van der Waals surface area contributed by atoms with Crippen LogP contribution in [0.1, 0.15) is 12.5 Å². The van der Waals surface area contributed by atoms with Crippen LogP contribution in [0, 0.1) is 0 Å². The van der Waals surface area contributed by atoms with Crippen LogP contribution in [0.15, 0.2) is 83.9 Å². The van der Waals surface area contributed by atoms with Gasteiger partial charge in [-0.3, -0.25) is 0 Å². The van der Waals surface area contributed by atoms with Crippen LogP contribution in [-0.2, 0) is 10.5 Å². The molecule has 136 valence electrons. The second-order valence-corrected chi connectivity index (χ2v) is 7.11. The van der Waals surface area contributed by atoms with Crippen LogP contribution >= 0.6 is 0 Å². The molecule has 0 fully saturated rings. The van der Waals surface area contributed by atoms with Gasteiger partial charge >= 0.3 is 12.0 Å². The lowest BCUT2D eigenvalue weighted by molar-refractivity contribution is -0.144. The Morgan fingerprint density at radius 1 is 0.679 bits per heavy atom. The Morgan fingerprint density at radius 2 is 1.25 bits per heavy atom. The van der Waals surface area contributed by atoms with E-state index in [0.717, 1.165) is 27.1 Å². The number of benzene rings is 4. The van der Waals surface area contributed by atoms with Crippen LogP contribution in [0.2, 0.25) is 0 Å². The third kappa shape index (κ3) is 1.97. The van der Waals surface area contributed by atoms with E-state index in [4.69, 9.17) is 19.2 Å². The molecule has 2 aliphatic rings. The molecule has 2 atom stereocenters. The summed E-state index contributed by atoms with van der Waals surface area (Å²) in [4.78, 5) is 4.75. The fourth-order valence-corrected chi connectivity index (χ4v) is 4.22. The minimum absolute atomic E-state index is 0.551. The van der Waals surface area contributed by atoms with Crippen LogP contribution in [0.25, 0.3) is 21.5 Å². The van der Waals surface area contributed by atoms with Crippen molar-refractivity contribution >= 4 is 27.4 Å². The zero-order chi connectivity index (χ0) is 18.7. The van der Waals surface area contributed by atoms with E-state index in [1.165, 1.54) is 0 Å². The van der Waals surface area contributed by atoms with Gasteiger partial charge in [-0.2, -0.15) is 4.99 Å². The summed E-state index contributed by atoms with van der Waals surface area (Å²) in [5, 5.41) is 4.26. The summed E-state index contributed by atoms with van der Waals surface area (Å²) >= 11 is 0. The van der Waals surface area contributed by atoms with E-state index in [2.05, 4.69) is 24.3 Å². The SMILES string of the molecule is CC1=N[C@]2(c3ccccc3)Oc3c(c4ccccc4c4ccccc34)O[C@@H]2O1. The molecule has 4 aromatic rings. The maximum atomic E-state index is 6.68. The van der Waals surface area contributed by atoms with Gasteiger partial charge in [0.15, 0.2) is 17.4 Å². The molecule has 4 heteroatoms. The molecule has 0 unspecified atom stereocenters. The quantitative estimate of drug-likeness (QED) is 0.423. The van der Waals surface area contributed by atoms with E-state index in [1.807, 2.05) is 61.5 Å². The van der Waals surface area contributed by atoms with Crippen LogP contribution in [-0.4, -0.2) is 12.2 Å². The fourth-order valence-electron chi connectivity index (χ4n) is 4.22. The molecule has 2 aliphatic heterocycles. The van der Waals surface area contributed by atoms with Crippen LogP contribution < -0.4 is 9.47 Å². The molecule has 0 amide bonds. The lowest BCUT2D eigenvalue weighted by Gasteiger charge is -2.37. The van der Waals surface area contributed by atoms with Crippen molar-refractivity contribution in [2.75, 3.05) is 0 Å². The van der Waals surface area contributed by atoms with Crippen molar-refractivity contribution in [2.24, 2.45) is 4.99 Å². The van der Waals surface area contributed by atoms with Gasteiger partial charge in [0.2, 0.25) is 0 Å². The zero-order valence-electron chi connectivity index (χ0n) is 15.3. The summed E-state index contributed by atoms with van der Waals surface area (Å²) in [6.07, 6.45) is -0.674. The van der Waals surface area contributed by atoms with Gasteiger partial charge in [-0.15, -0.1) is 0 Å². The van der Waals surface area contributed by atoms with Gasteiger partial charge in [0.1, 0.15) is 0 Å². The summed E-state index contributed by atoms with van der Waals surface area (Å²) in [5.74, 6) is 1.96. The second kappa shape index (κ2) is 5.49. The first-order valence-corrected chi connectivity index (χ1v) is 9.34. The smallest absolute Gasteiger partial charge is 0.308 e.